The van der Waals surface area contributed by atoms with Gasteiger partial charge in [0.15, 0.2) is 0 Å². The van der Waals surface area contributed by atoms with Crippen LogP contribution < -0.4 is 9.64 Å². The van der Waals surface area contributed by atoms with Crippen molar-refractivity contribution in [3.05, 3.63) is 83.6 Å². The first-order chi connectivity index (χ1) is 15.3. The Bertz CT molecular complexity index is 1110. The number of likely N-dealkylation sites (N-methyl/N-ethyl adjacent to an activating group) is 1. The van der Waals surface area contributed by atoms with Crippen LogP contribution in [0.1, 0.15) is 34.8 Å². The Kier molecular flexibility index (Phi) is 8.61. The molecule has 0 aromatic heterocycles. The molecule has 175 valence electrons. The van der Waals surface area contributed by atoms with E-state index in [-0.39, 0.29) is 28.1 Å². The molecule has 1 heterocycles. The number of fused-ring (bicyclic) bond motifs is 1. The van der Waals surface area contributed by atoms with Gasteiger partial charge >= 0.3 is 5.97 Å². The average molecular weight is 492 g/mol. The summed E-state index contributed by atoms with van der Waals surface area (Å²) >= 11 is 0. The number of allylic oxidation sites excluding steroid dienone is 3. The number of anilines is 1. The fraction of sp³-hybridized carbons (Fsp3) is 0.240. The molecule has 1 radical (unpaired) electrons. The molecule has 1 aliphatic heterocycles. The van der Waals surface area contributed by atoms with Gasteiger partial charge in [0.05, 0.1) is 26.0 Å². The number of methoxy groups -OCH3 is 2. The van der Waals surface area contributed by atoms with Crippen LogP contribution in [0.3, 0.4) is 0 Å². The van der Waals surface area contributed by atoms with Crippen molar-refractivity contribution in [1.29, 1.82) is 0 Å². The third kappa shape index (κ3) is 5.18. The number of carbonyl (C=O) groups is 1. The van der Waals surface area contributed by atoms with E-state index < -0.39 is 5.97 Å². The summed E-state index contributed by atoms with van der Waals surface area (Å²) in [7, 11) is 4.96. The van der Waals surface area contributed by atoms with E-state index in [1.54, 1.807) is 37.6 Å². The predicted molar refractivity (Wildman–Crippen MR) is 127 cm³/mol. The summed E-state index contributed by atoms with van der Waals surface area (Å²) in [4.78, 5) is 13.6. The van der Waals surface area contributed by atoms with Crippen molar-refractivity contribution in [2.45, 2.75) is 18.8 Å². The Morgan fingerprint density at radius 1 is 1.18 bits per heavy atom. The van der Waals surface area contributed by atoms with Gasteiger partial charge in [-0.15, -0.1) is 11.7 Å². The molecule has 1 atom stereocenters. The van der Waals surface area contributed by atoms with Crippen molar-refractivity contribution in [3.63, 3.8) is 0 Å². The van der Waals surface area contributed by atoms with Crippen LogP contribution in [0.25, 0.3) is 0 Å². The minimum atomic E-state index is -0.445. The number of aliphatic hydroxyl groups excluding tert-OH is 1. The monoisotopic (exact) mass is 492 g/mol. The number of nitrogens with zero attached hydrogens (tertiary/aromatic N) is 3. The normalized spacial score (nSPS) is 18.7. The number of benzene rings is 2. The molecule has 1 N–H and O–H groups in total. The number of aliphatic hydroxyl groups is 1. The number of ether oxygens (including phenoxy) is 2. The van der Waals surface area contributed by atoms with E-state index >= 15 is 0 Å². The van der Waals surface area contributed by atoms with Gasteiger partial charge in [-0.05, 0) is 55.3 Å². The van der Waals surface area contributed by atoms with Crippen molar-refractivity contribution in [3.8, 4) is 5.75 Å². The second-order valence-electron chi connectivity index (χ2n) is 7.58. The first-order valence-electron chi connectivity index (χ1n) is 10.1. The maximum atomic E-state index is 11.5. The quantitative estimate of drug-likeness (QED) is 0.200. The van der Waals surface area contributed by atoms with Gasteiger partial charge in [0.2, 0.25) is 5.90 Å². The van der Waals surface area contributed by atoms with Gasteiger partial charge in [0.1, 0.15) is 5.75 Å². The van der Waals surface area contributed by atoms with Gasteiger partial charge in [-0.2, -0.15) is 5.10 Å². The molecule has 0 saturated heterocycles. The van der Waals surface area contributed by atoms with E-state index in [2.05, 4.69) is 39.4 Å². The molecule has 0 aliphatic carbocycles. The second-order valence-corrected chi connectivity index (χ2v) is 7.58. The van der Waals surface area contributed by atoms with Crippen LogP contribution in [0.5, 0.6) is 5.75 Å². The summed E-state index contributed by atoms with van der Waals surface area (Å²) in [5, 5.41) is 18.1. The first kappa shape index (κ1) is 25.9. The van der Waals surface area contributed by atoms with Gasteiger partial charge in [0, 0.05) is 52.3 Å². The molecular formula is C25H27CoN3O4. The van der Waals surface area contributed by atoms with Gasteiger partial charge < -0.3 is 19.5 Å². The third-order valence-electron chi connectivity index (χ3n) is 5.66. The van der Waals surface area contributed by atoms with E-state index in [1.807, 2.05) is 31.3 Å². The zero-order valence-corrected chi connectivity index (χ0v) is 20.1. The topological polar surface area (TPSA) is 83.7 Å². The van der Waals surface area contributed by atoms with Crippen molar-refractivity contribution in [1.82, 2.24) is 0 Å². The van der Waals surface area contributed by atoms with E-state index in [0.29, 0.717) is 11.1 Å². The molecule has 0 bridgehead atoms. The number of esters is 1. The minimum Gasteiger partial charge on any atom is -0.497 e. The Labute approximate surface area is 204 Å². The SMILES string of the molecule is C=CCC1(C)/C(=C/C=N/N=C(\O)c2ccc(C(=O)OC)cc2)N(C)c2cc(OC)ccc21.[Co]. The molecule has 33 heavy (non-hydrogen) atoms. The molecule has 0 saturated carbocycles. The zero-order valence-electron chi connectivity index (χ0n) is 19.0. The van der Waals surface area contributed by atoms with Crippen LogP contribution in [0, 0.1) is 0 Å². The van der Waals surface area contributed by atoms with Crippen LogP contribution in [0.2, 0.25) is 0 Å². The number of carbonyl (C=O) groups excluding carboxylic acids is 1. The first-order valence-corrected chi connectivity index (χ1v) is 10.1. The molecule has 7 nitrogen and oxygen atoms in total. The number of hydrogen-bond donors (Lipinski definition) is 1. The Hall–Kier alpha value is -3.36. The predicted octanol–water partition coefficient (Wildman–Crippen LogP) is 4.64. The number of hydrogen-bond acceptors (Lipinski definition) is 6. The van der Waals surface area contributed by atoms with E-state index in [9.17, 15) is 9.90 Å². The van der Waals surface area contributed by atoms with Crippen LogP contribution >= 0.6 is 0 Å². The van der Waals surface area contributed by atoms with Crippen LogP contribution in [-0.2, 0) is 26.9 Å². The summed E-state index contributed by atoms with van der Waals surface area (Å²) < 4.78 is 10.0. The van der Waals surface area contributed by atoms with Crippen molar-refractivity contribution in [2.75, 3.05) is 26.2 Å². The molecule has 3 rings (SSSR count). The van der Waals surface area contributed by atoms with Crippen LogP contribution in [0.4, 0.5) is 5.69 Å². The Balaban J connectivity index is 0.00000385. The Morgan fingerprint density at radius 3 is 2.45 bits per heavy atom. The van der Waals surface area contributed by atoms with Gasteiger partial charge in [-0.25, -0.2) is 4.79 Å². The Morgan fingerprint density at radius 2 is 1.85 bits per heavy atom. The molecular weight excluding hydrogens is 465 g/mol. The fourth-order valence-electron chi connectivity index (χ4n) is 3.94. The van der Waals surface area contributed by atoms with E-state index in [1.165, 1.54) is 12.7 Å². The molecule has 2 aromatic rings. The maximum Gasteiger partial charge on any atom is 0.337 e. The minimum absolute atomic E-state index is 0. The zero-order chi connectivity index (χ0) is 23.3. The van der Waals surface area contributed by atoms with Crippen molar-refractivity contribution >= 4 is 23.8 Å². The third-order valence-corrected chi connectivity index (χ3v) is 5.66. The summed E-state index contributed by atoms with van der Waals surface area (Å²) in [5.74, 6) is 0.0939. The number of rotatable bonds is 7. The van der Waals surface area contributed by atoms with E-state index in [0.717, 1.165) is 23.6 Å². The second kappa shape index (κ2) is 11.0. The molecule has 0 amide bonds. The van der Waals surface area contributed by atoms with Crippen molar-refractivity contribution < 1.29 is 36.2 Å². The van der Waals surface area contributed by atoms with Crippen molar-refractivity contribution in [2.24, 2.45) is 10.2 Å². The molecule has 0 spiro atoms. The summed E-state index contributed by atoms with van der Waals surface area (Å²) in [6.45, 7) is 6.08. The average Bonchev–Trinajstić information content (AvgIpc) is 3.02. The maximum absolute atomic E-state index is 11.5. The van der Waals surface area contributed by atoms with Gasteiger partial charge in [0.25, 0.3) is 0 Å². The smallest absolute Gasteiger partial charge is 0.337 e. The summed E-state index contributed by atoms with van der Waals surface area (Å²) in [6.07, 6.45) is 6.08. The van der Waals surface area contributed by atoms with Crippen LogP contribution in [-0.4, -0.2) is 44.5 Å². The summed E-state index contributed by atoms with van der Waals surface area (Å²) in [6, 6.07) is 12.3. The van der Waals surface area contributed by atoms with Crippen LogP contribution in [0.15, 0.2) is 77.1 Å². The molecule has 1 unspecified atom stereocenters. The molecule has 8 heteroatoms. The largest absolute Gasteiger partial charge is 0.497 e. The molecule has 2 aromatic carbocycles. The standard InChI is InChI=1S/C25H27N3O4.Co/c1-6-14-25(2)20-12-11-19(31-4)16-21(20)28(3)22(25)13-15-26-27-23(29)17-7-9-18(10-8-17)24(30)32-5;/h6-13,15-16H,1,14H2,2-5H3,(H,27,29);/b22-13-,26-15+;. The summed E-state index contributed by atoms with van der Waals surface area (Å²) in [5.41, 5.74) is 3.82. The van der Waals surface area contributed by atoms with Gasteiger partial charge in [-0.1, -0.05) is 12.1 Å². The molecule has 1 aliphatic rings. The van der Waals surface area contributed by atoms with Gasteiger partial charge in [-0.3, -0.25) is 0 Å². The van der Waals surface area contributed by atoms with E-state index in [4.69, 9.17) is 4.74 Å². The molecule has 0 fully saturated rings. The fourth-order valence-corrected chi connectivity index (χ4v) is 3.94.